The van der Waals surface area contributed by atoms with Gasteiger partial charge in [0, 0.05) is 5.92 Å². The van der Waals surface area contributed by atoms with Gasteiger partial charge in [-0.2, -0.15) is 0 Å². The highest BCUT2D eigenvalue weighted by Gasteiger charge is 2.28. The molecule has 0 saturated heterocycles. The molecule has 0 heterocycles. The molecule has 0 bridgehead atoms. The average molecular weight is 441 g/mol. The fourth-order valence-electron chi connectivity index (χ4n) is 3.71. The minimum Gasteiger partial charge on any atom is -0.489 e. The molecular formula is C24H20Cl2NO3. The normalized spacial score (nSPS) is 12.2. The quantitative estimate of drug-likeness (QED) is 0.471. The molecule has 0 saturated carbocycles. The first kappa shape index (κ1) is 20.6. The number of alkyl carbamates (subject to hydrolysis) is 1. The minimum atomic E-state index is -0.495. The van der Waals surface area contributed by atoms with Crippen molar-refractivity contribution in [3.05, 3.63) is 94.3 Å². The van der Waals surface area contributed by atoms with Crippen LogP contribution < -0.4 is 10.1 Å². The van der Waals surface area contributed by atoms with Gasteiger partial charge in [-0.15, -0.1) is 0 Å². The molecule has 1 aliphatic carbocycles. The molecule has 0 spiro atoms. The maximum absolute atomic E-state index is 12.2. The highest BCUT2D eigenvalue weighted by Crippen LogP contribution is 2.44. The van der Waals surface area contributed by atoms with Gasteiger partial charge in [0.15, 0.2) is 5.75 Å². The molecule has 0 aromatic heterocycles. The minimum absolute atomic E-state index is 0.0261. The Hall–Kier alpha value is -2.69. The predicted molar refractivity (Wildman–Crippen MR) is 119 cm³/mol. The van der Waals surface area contributed by atoms with E-state index in [1.165, 1.54) is 22.3 Å². The third-order valence-electron chi connectivity index (χ3n) is 5.02. The van der Waals surface area contributed by atoms with Crippen molar-refractivity contribution in [3.8, 4) is 16.9 Å². The van der Waals surface area contributed by atoms with E-state index in [2.05, 4.69) is 36.5 Å². The number of hydrogen-bond donors (Lipinski definition) is 1. The molecular weight excluding hydrogens is 421 g/mol. The van der Waals surface area contributed by atoms with Crippen molar-refractivity contribution in [2.45, 2.75) is 5.92 Å². The fraction of sp³-hybridized carbons (Fsp3) is 0.167. The molecule has 3 aromatic rings. The van der Waals surface area contributed by atoms with E-state index in [-0.39, 0.29) is 25.7 Å². The van der Waals surface area contributed by atoms with Crippen LogP contribution in [0.2, 0.25) is 10.0 Å². The molecule has 1 aliphatic rings. The molecule has 0 unspecified atom stereocenters. The van der Waals surface area contributed by atoms with E-state index in [4.69, 9.17) is 32.7 Å². The molecule has 153 valence electrons. The van der Waals surface area contributed by atoms with E-state index in [9.17, 15) is 4.79 Å². The number of ether oxygens (including phenoxy) is 2. The lowest BCUT2D eigenvalue weighted by Gasteiger charge is -2.15. The second-order valence-electron chi connectivity index (χ2n) is 6.99. The summed E-state index contributed by atoms with van der Waals surface area (Å²) in [4.78, 5) is 12.2. The molecule has 0 fully saturated rings. The second kappa shape index (κ2) is 8.99. The molecule has 0 aliphatic heterocycles. The van der Waals surface area contributed by atoms with E-state index in [1.54, 1.807) is 12.1 Å². The Kier molecular flexibility index (Phi) is 6.16. The third-order valence-corrected chi connectivity index (χ3v) is 5.58. The number of halogens is 2. The average Bonchev–Trinajstić information content (AvgIpc) is 3.05. The number of carbonyl (C=O) groups excluding carboxylic acids is 1. The van der Waals surface area contributed by atoms with E-state index < -0.39 is 6.09 Å². The molecule has 4 rings (SSSR count). The van der Waals surface area contributed by atoms with Gasteiger partial charge in [-0.05, 0) is 46.9 Å². The van der Waals surface area contributed by atoms with Crippen LogP contribution in [0.3, 0.4) is 0 Å². The van der Waals surface area contributed by atoms with Gasteiger partial charge in [0.1, 0.15) is 13.2 Å². The predicted octanol–water partition coefficient (Wildman–Crippen LogP) is 6.09. The van der Waals surface area contributed by atoms with Crippen LogP contribution in [0.1, 0.15) is 22.6 Å². The SMILES string of the molecule is [CH2]c1cc(Cl)c(OCCNC(=O)OCC2c3ccccc3-c3ccccc32)c(Cl)c1. The van der Waals surface area contributed by atoms with Crippen molar-refractivity contribution >= 4 is 29.3 Å². The Labute approximate surface area is 185 Å². The van der Waals surface area contributed by atoms with Crippen LogP contribution in [0.4, 0.5) is 4.79 Å². The number of amides is 1. The van der Waals surface area contributed by atoms with Crippen molar-refractivity contribution in [1.29, 1.82) is 0 Å². The molecule has 6 heteroatoms. The second-order valence-corrected chi connectivity index (χ2v) is 7.80. The van der Waals surface area contributed by atoms with Crippen molar-refractivity contribution in [3.63, 3.8) is 0 Å². The Morgan fingerprint density at radius 3 is 2.13 bits per heavy atom. The smallest absolute Gasteiger partial charge is 0.407 e. The molecule has 30 heavy (non-hydrogen) atoms. The summed E-state index contributed by atoms with van der Waals surface area (Å²) in [6.07, 6.45) is -0.495. The van der Waals surface area contributed by atoms with Crippen LogP contribution in [0.25, 0.3) is 11.1 Å². The lowest BCUT2D eigenvalue weighted by Crippen LogP contribution is -2.30. The zero-order chi connectivity index (χ0) is 21.1. The number of benzene rings is 3. The summed E-state index contributed by atoms with van der Waals surface area (Å²) < 4.78 is 11.1. The fourth-order valence-corrected chi connectivity index (χ4v) is 4.35. The summed E-state index contributed by atoms with van der Waals surface area (Å²) in [5.41, 5.74) is 5.44. The summed E-state index contributed by atoms with van der Waals surface area (Å²) in [5, 5.41) is 3.46. The third kappa shape index (κ3) is 4.25. The van der Waals surface area contributed by atoms with Gasteiger partial charge in [0.05, 0.1) is 16.6 Å². The summed E-state index contributed by atoms with van der Waals surface area (Å²) in [7, 11) is 0. The van der Waals surface area contributed by atoms with Crippen LogP contribution in [0, 0.1) is 6.92 Å². The highest BCUT2D eigenvalue weighted by atomic mass is 35.5. The van der Waals surface area contributed by atoms with Gasteiger partial charge < -0.3 is 14.8 Å². The van der Waals surface area contributed by atoms with Gasteiger partial charge in [-0.1, -0.05) is 71.7 Å². The van der Waals surface area contributed by atoms with E-state index in [0.29, 0.717) is 21.4 Å². The molecule has 3 aromatic carbocycles. The Morgan fingerprint density at radius 1 is 0.967 bits per heavy atom. The van der Waals surface area contributed by atoms with Crippen LogP contribution in [0.15, 0.2) is 60.7 Å². The highest BCUT2D eigenvalue weighted by molar-refractivity contribution is 6.37. The Bertz CT molecular complexity index is 1020. The maximum Gasteiger partial charge on any atom is 0.407 e. The van der Waals surface area contributed by atoms with Crippen LogP contribution in [-0.4, -0.2) is 25.9 Å². The number of nitrogens with one attached hydrogen (secondary N) is 1. The van der Waals surface area contributed by atoms with Crippen molar-refractivity contribution < 1.29 is 14.3 Å². The Morgan fingerprint density at radius 2 is 1.53 bits per heavy atom. The first-order valence-electron chi connectivity index (χ1n) is 9.57. The standard InChI is InChI=1S/C24H20Cl2NO3/c1-15-12-21(25)23(22(26)13-15)29-11-10-27-24(28)30-14-20-18-8-4-2-6-16(18)17-7-3-5-9-19(17)20/h2-9,12-13,20H,1,10-11,14H2,(H,27,28). The van der Waals surface area contributed by atoms with E-state index in [0.717, 1.165) is 0 Å². The van der Waals surface area contributed by atoms with Crippen molar-refractivity contribution in [2.75, 3.05) is 19.8 Å². The molecule has 1 N–H and O–H groups in total. The summed E-state index contributed by atoms with van der Waals surface area (Å²) in [6, 6.07) is 19.8. The van der Waals surface area contributed by atoms with E-state index >= 15 is 0 Å². The zero-order valence-corrected chi connectivity index (χ0v) is 17.7. The van der Waals surface area contributed by atoms with Gasteiger partial charge in [-0.25, -0.2) is 4.79 Å². The molecule has 1 radical (unpaired) electrons. The maximum atomic E-state index is 12.2. The van der Waals surface area contributed by atoms with Crippen molar-refractivity contribution in [1.82, 2.24) is 5.32 Å². The van der Waals surface area contributed by atoms with E-state index in [1.807, 2.05) is 24.3 Å². The van der Waals surface area contributed by atoms with Crippen LogP contribution in [-0.2, 0) is 4.74 Å². The van der Waals surface area contributed by atoms with Crippen molar-refractivity contribution in [2.24, 2.45) is 0 Å². The lowest BCUT2D eigenvalue weighted by atomic mass is 9.98. The largest absolute Gasteiger partial charge is 0.489 e. The van der Waals surface area contributed by atoms with Gasteiger partial charge in [0.2, 0.25) is 0 Å². The topological polar surface area (TPSA) is 47.6 Å². The monoisotopic (exact) mass is 440 g/mol. The summed E-state index contributed by atoms with van der Waals surface area (Å²) >= 11 is 12.2. The molecule has 0 atom stereocenters. The van der Waals surface area contributed by atoms with Gasteiger partial charge in [-0.3, -0.25) is 0 Å². The van der Waals surface area contributed by atoms with Crippen LogP contribution >= 0.6 is 23.2 Å². The lowest BCUT2D eigenvalue weighted by molar-refractivity contribution is 0.141. The molecule has 4 nitrogen and oxygen atoms in total. The number of fused-ring (bicyclic) bond motifs is 3. The van der Waals surface area contributed by atoms with Gasteiger partial charge in [0.25, 0.3) is 0 Å². The van der Waals surface area contributed by atoms with Crippen LogP contribution in [0.5, 0.6) is 5.75 Å². The summed E-state index contributed by atoms with van der Waals surface area (Å²) in [5.74, 6) is 0.401. The molecule has 1 amide bonds. The zero-order valence-electron chi connectivity index (χ0n) is 16.2. The number of rotatable bonds is 6. The first-order valence-corrected chi connectivity index (χ1v) is 10.3. The Balaban J connectivity index is 1.30. The number of carbonyl (C=O) groups is 1. The van der Waals surface area contributed by atoms with Gasteiger partial charge >= 0.3 is 6.09 Å². The number of hydrogen-bond acceptors (Lipinski definition) is 3. The summed E-state index contributed by atoms with van der Waals surface area (Å²) in [6.45, 7) is 4.52. The first-order chi connectivity index (χ1) is 14.5.